The minimum absolute atomic E-state index is 0.164. The highest BCUT2D eigenvalue weighted by atomic mass is 16.5. The summed E-state index contributed by atoms with van der Waals surface area (Å²) in [7, 11) is 0. The van der Waals surface area contributed by atoms with Crippen molar-refractivity contribution in [3.05, 3.63) is 65.4 Å². The van der Waals surface area contributed by atoms with Gasteiger partial charge in [0.2, 0.25) is 0 Å². The van der Waals surface area contributed by atoms with E-state index in [0.29, 0.717) is 24.6 Å². The lowest BCUT2D eigenvalue weighted by atomic mass is 10.1. The van der Waals surface area contributed by atoms with Gasteiger partial charge in [-0.3, -0.25) is 0 Å². The molecular formula is C25H32N2O4. The molecule has 0 aliphatic rings. The third-order valence-corrected chi connectivity index (χ3v) is 5.18. The summed E-state index contributed by atoms with van der Waals surface area (Å²) < 4.78 is 11.0. The number of aryl methyl sites for hydroxylation is 2. The van der Waals surface area contributed by atoms with Crippen LogP contribution in [0.2, 0.25) is 0 Å². The normalized spacial score (nSPS) is 13.2. The molecule has 1 aromatic heterocycles. The molecule has 0 amide bonds. The van der Waals surface area contributed by atoms with Gasteiger partial charge in [-0.2, -0.15) is 0 Å². The third kappa shape index (κ3) is 6.57. The Kier molecular flexibility index (Phi) is 8.09. The summed E-state index contributed by atoms with van der Waals surface area (Å²) >= 11 is 0. The van der Waals surface area contributed by atoms with Crippen LogP contribution in [0.4, 0.5) is 0 Å². The predicted molar refractivity (Wildman–Crippen MR) is 123 cm³/mol. The van der Waals surface area contributed by atoms with Crippen molar-refractivity contribution in [1.82, 2.24) is 10.3 Å². The van der Waals surface area contributed by atoms with Crippen LogP contribution in [0, 0.1) is 6.92 Å². The molecule has 0 aliphatic carbocycles. The van der Waals surface area contributed by atoms with E-state index in [4.69, 9.17) is 9.47 Å². The van der Waals surface area contributed by atoms with Gasteiger partial charge in [0.15, 0.2) is 0 Å². The summed E-state index contributed by atoms with van der Waals surface area (Å²) in [5, 5.41) is 14.5. The number of aliphatic hydroxyl groups excluding tert-OH is 1. The number of fused-ring (bicyclic) bond motifs is 1. The van der Waals surface area contributed by atoms with Gasteiger partial charge in [0, 0.05) is 18.0 Å². The largest absolute Gasteiger partial charge is 0.490 e. The second-order valence-corrected chi connectivity index (χ2v) is 7.93. The zero-order valence-electron chi connectivity index (χ0n) is 18.5. The van der Waals surface area contributed by atoms with E-state index in [0.717, 1.165) is 29.3 Å². The van der Waals surface area contributed by atoms with E-state index in [-0.39, 0.29) is 12.6 Å². The van der Waals surface area contributed by atoms with Crippen molar-refractivity contribution in [2.24, 2.45) is 0 Å². The van der Waals surface area contributed by atoms with Crippen LogP contribution < -0.4 is 10.1 Å². The number of nitrogens with one attached hydrogen (secondary N) is 2. The van der Waals surface area contributed by atoms with Crippen LogP contribution in [-0.2, 0) is 11.2 Å². The van der Waals surface area contributed by atoms with Gasteiger partial charge in [-0.1, -0.05) is 30.3 Å². The van der Waals surface area contributed by atoms with Gasteiger partial charge in [0.05, 0.1) is 12.1 Å². The maximum Gasteiger partial charge on any atom is 0.354 e. The number of rotatable bonds is 11. The van der Waals surface area contributed by atoms with Gasteiger partial charge in [0.1, 0.15) is 24.2 Å². The lowest BCUT2D eigenvalue weighted by Crippen LogP contribution is -2.36. The number of hydrogen-bond donors (Lipinski definition) is 3. The summed E-state index contributed by atoms with van der Waals surface area (Å²) in [6.45, 7) is 6.79. The first kappa shape index (κ1) is 22.8. The molecule has 6 heteroatoms. The molecule has 3 N–H and O–H groups in total. The molecule has 31 heavy (non-hydrogen) atoms. The maximum atomic E-state index is 12.0. The molecule has 0 saturated heterocycles. The Balaban J connectivity index is 1.52. The van der Waals surface area contributed by atoms with Crippen LogP contribution in [0.5, 0.6) is 5.75 Å². The Labute approximate surface area is 183 Å². The van der Waals surface area contributed by atoms with Crippen LogP contribution in [0.1, 0.15) is 41.9 Å². The number of H-pyrrole nitrogens is 1. The Morgan fingerprint density at radius 1 is 1.19 bits per heavy atom. The zero-order valence-corrected chi connectivity index (χ0v) is 18.5. The van der Waals surface area contributed by atoms with Crippen molar-refractivity contribution in [1.29, 1.82) is 0 Å². The summed E-state index contributed by atoms with van der Waals surface area (Å²) in [5.74, 6) is 0.244. The van der Waals surface area contributed by atoms with E-state index < -0.39 is 12.1 Å². The SMILES string of the molecule is CCOC(=O)c1cc2c(OCC(O)CNC(C)CCc3ccccc3)cc(C)cc2[nH]1. The van der Waals surface area contributed by atoms with Gasteiger partial charge < -0.3 is 24.9 Å². The molecule has 166 valence electrons. The first-order valence-electron chi connectivity index (χ1n) is 10.8. The fraction of sp³-hybridized carbons (Fsp3) is 0.400. The standard InChI is InChI=1S/C25H32N2O4/c1-4-30-25(29)23-14-21-22(27-23)12-17(2)13-24(21)31-16-20(28)15-26-18(3)10-11-19-8-6-5-7-9-19/h5-9,12-14,18,20,26-28H,4,10-11,15-16H2,1-3H3. The number of aromatic amines is 1. The van der Waals surface area contributed by atoms with E-state index in [1.807, 2.05) is 25.1 Å². The predicted octanol–water partition coefficient (Wildman–Crippen LogP) is 4.00. The Hall–Kier alpha value is -2.83. The number of aromatic nitrogens is 1. The van der Waals surface area contributed by atoms with Crippen molar-refractivity contribution in [3.63, 3.8) is 0 Å². The molecule has 3 rings (SSSR count). The molecule has 1 heterocycles. The monoisotopic (exact) mass is 424 g/mol. The minimum atomic E-state index is -0.641. The van der Waals surface area contributed by atoms with Crippen LogP contribution in [0.25, 0.3) is 10.9 Å². The number of hydrogen-bond acceptors (Lipinski definition) is 5. The van der Waals surface area contributed by atoms with Gasteiger partial charge in [0.25, 0.3) is 0 Å². The smallest absolute Gasteiger partial charge is 0.354 e. The molecule has 0 saturated carbocycles. The quantitative estimate of drug-likeness (QED) is 0.405. The topological polar surface area (TPSA) is 83.6 Å². The molecular weight excluding hydrogens is 392 g/mol. The van der Waals surface area contributed by atoms with Gasteiger partial charge >= 0.3 is 5.97 Å². The summed E-state index contributed by atoms with van der Waals surface area (Å²) in [5.41, 5.74) is 3.51. The number of carbonyl (C=O) groups excluding carboxylic acids is 1. The van der Waals surface area contributed by atoms with E-state index in [2.05, 4.69) is 41.5 Å². The highest BCUT2D eigenvalue weighted by Gasteiger charge is 2.15. The van der Waals surface area contributed by atoms with Crippen molar-refractivity contribution < 1.29 is 19.4 Å². The first-order valence-corrected chi connectivity index (χ1v) is 10.8. The average Bonchev–Trinajstić information content (AvgIpc) is 3.19. The summed E-state index contributed by atoms with van der Waals surface area (Å²) in [6, 6.07) is 16.3. The minimum Gasteiger partial charge on any atom is -0.490 e. The van der Waals surface area contributed by atoms with Gasteiger partial charge in [-0.15, -0.1) is 0 Å². The van der Waals surface area contributed by atoms with Gasteiger partial charge in [-0.05, 0) is 62.9 Å². The molecule has 0 fully saturated rings. The lowest BCUT2D eigenvalue weighted by molar-refractivity contribution is 0.0520. The molecule has 2 unspecified atom stereocenters. The number of carbonyl (C=O) groups is 1. The van der Waals surface area contributed by atoms with Crippen LogP contribution in [0.15, 0.2) is 48.5 Å². The molecule has 0 radical (unpaired) electrons. The van der Waals surface area contributed by atoms with Crippen molar-refractivity contribution >= 4 is 16.9 Å². The molecule has 0 bridgehead atoms. The van der Waals surface area contributed by atoms with Crippen molar-refractivity contribution in [2.45, 2.75) is 45.8 Å². The van der Waals surface area contributed by atoms with E-state index in [9.17, 15) is 9.90 Å². The van der Waals surface area contributed by atoms with Crippen molar-refractivity contribution in [2.75, 3.05) is 19.8 Å². The van der Waals surface area contributed by atoms with E-state index in [1.54, 1.807) is 13.0 Å². The molecule has 2 atom stereocenters. The number of benzene rings is 2. The third-order valence-electron chi connectivity index (χ3n) is 5.18. The highest BCUT2D eigenvalue weighted by molar-refractivity contribution is 5.97. The second kappa shape index (κ2) is 11.0. The fourth-order valence-corrected chi connectivity index (χ4v) is 3.49. The molecule has 2 aromatic carbocycles. The van der Waals surface area contributed by atoms with Crippen LogP contribution >= 0.6 is 0 Å². The zero-order chi connectivity index (χ0) is 22.2. The molecule has 6 nitrogen and oxygen atoms in total. The first-order chi connectivity index (χ1) is 15.0. The Bertz CT molecular complexity index is 984. The van der Waals surface area contributed by atoms with Gasteiger partial charge in [-0.25, -0.2) is 4.79 Å². The van der Waals surface area contributed by atoms with Crippen LogP contribution in [-0.4, -0.2) is 48.0 Å². The number of ether oxygens (including phenoxy) is 2. The van der Waals surface area contributed by atoms with Crippen molar-refractivity contribution in [3.8, 4) is 5.75 Å². The Morgan fingerprint density at radius 3 is 2.71 bits per heavy atom. The second-order valence-electron chi connectivity index (χ2n) is 7.93. The number of esters is 1. The molecule has 0 spiro atoms. The van der Waals surface area contributed by atoms with E-state index >= 15 is 0 Å². The fourth-order valence-electron chi connectivity index (χ4n) is 3.49. The highest BCUT2D eigenvalue weighted by Crippen LogP contribution is 2.28. The average molecular weight is 425 g/mol. The molecule has 3 aromatic rings. The summed E-state index contributed by atoms with van der Waals surface area (Å²) in [4.78, 5) is 15.1. The molecule has 0 aliphatic heterocycles. The Morgan fingerprint density at radius 2 is 1.97 bits per heavy atom. The lowest BCUT2D eigenvalue weighted by Gasteiger charge is -2.18. The van der Waals surface area contributed by atoms with E-state index in [1.165, 1.54) is 5.56 Å². The maximum absolute atomic E-state index is 12.0. The summed E-state index contributed by atoms with van der Waals surface area (Å²) in [6.07, 6.45) is 1.35. The van der Waals surface area contributed by atoms with Crippen LogP contribution in [0.3, 0.4) is 0 Å². The number of aliphatic hydroxyl groups is 1.